The van der Waals surface area contributed by atoms with E-state index in [0.29, 0.717) is 23.5 Å². The van der Waals surface area contributed by atoms with Crippen LogP contribution in [0.2, 0.25) is 0 Å². The molecule has 0 aliphatic rings. The summed E-state index contributed by atoms with van der Waals surface area (Å²) in [6.07, 6.45) is -12.6. The van der Waals surface area contributed by atoms with Gasteiger partial charge in [-0.3, -0.25) is 0 Å². The molecule has 0 radical (unpaired) electrons. The summed E-state index contributed by atoms with van der Waals surface area (Å²) in [5.41, 5.74) is 0.637. The van der Waals surface area contributed by atoms with E-state index in [4.69, 9.17) is 4.74 Å². The molecule has 0 saturated carbocycles. The summed E-state index contributed by atoms with van der Waals surface area (Å²) in [4.78, 5) is 0. The Morgan fingerprint density at radius 2 is 1.29 bits per heavy atom. The van der Waals surface area contributed by atoms with E-state index < -0.39 is 53.1 Å². The Morgan fingerprint density at radius 3 is 1.77 bits per heavy atom. The maximum atomic E-state index is 14.6. The van der Waals surface area contributed by atoms with Crippen LogP contribution in [0.5, 0.6) is 17.2 Å². The lowest BCUT2D eigenvalue weighted by molar-refractivity contribution is -0.185. The fourth-order valence-electron chi connectivity index (χ4n) is 2.96. The SMILES string of the molecule is CCOc1ccc(-c2ccc(C(F)(F)Oc3cc(F)c(OC(F)(F)C=C(F)F)c(F)c3)cc2)cc1. The lowest BCUT2D eigenvalue weighted by atomic mass is 10.0. The molecule has 0 N–H and O–H groups in total. The zero-order valence-electron chi connectivity index (χ0n) is 17.8. The Kier molecular flexibility index (Phi) is 7.57. The van der Waals surface area contributed by atoms with E-state index in [1.54, 1.807) is 24.3 Å². The molecule has 3 aromatic carbocycles. The van der Waals surface area contributed by atoms with Crippen molar-refractivity contribution < 1.29 is 49.3 Å². The maximum absolute atomic E-state index is 14.6. The minimum Gasteiger partial charge on any atom is -0.494 e. The normalized spacial score (nSPS) is 11.7. The van der Waals surface area contributed by atoms with Crippen molar-refractivity contribution in [2.24, 2.45) is 0 Å². The molecule has 0 fully saturated rings. The summed E-state index contributed by atoms with van der Waals surface area (Å²) in [7, 11) is 0. The Bertz CT molecular complexity index is 1170. The molecule has 3 aromatic rings. The highest BCUT2D eigenvalue weighted by atomic mass is 19.3. The number of rotatable bonds is 9. The van der Waals surface area contributed by atoms with Crippen molar-refractivity contribution in [3.8, 4) is 28.4 Å². The second kappa shape index (κ2) is 10.2. The first kappa shape index (κ1) is 25.9. The van der Waals surface area contributed by atoms with Gasteiger partial charge in [0, 0.05) is 12.1 Å². The van der Waals surface area contributed by atoms with Crippen molar-refractivity contribution in [3.63, 3.8) is 0 Å². The number of hydrogen-bond acceptors (Lipinski definition) is 3. The number of benzene rings is 3. The minimum absolute atomic E-state index is 0.159. The summed E-state index contributed by atoms with van der Waals surface area (Å²) >= 11 is 0. The van der Waals surface area contributed by atoms with Crippen LogP contribution in [-0.2, 0) is 6.11 Å². The highest BCUT2D eigenvalue weighted by Gasteiger charge is 2.37. The minimum atomic E-state index is -4.75. The van der Waals surface area contributed by atoms with Gasteiger partial charge in [-0.05, 0) is 42.3 Å². The van der Waals surface area contributed by atoms with Gasteiger partial charge >= 0.3 is 12.2 Å². The molecule has 11 heteroatoms. The summed E-state index contributed by atoms with van der Waals surface area (Å²) in [5, 5.41) is 0. The van der Waals surface area contributed by atoms with Crippen molar-refractivity contribution in [3.05, 3.63) is 90.0 Å². The quantitative estimate of drug-likeness (QED) is 0.277. The van der Waals surface area contributed by atoms with E-state index >= 15 is 0 Å². The molecular weight excluding hydrogens is 488 g/mol. The first-order chi connectivity index (χ1) is 16.4. The number of hydrogen-bond donors (Lipinski definition) is 0. The molecule has 0 aliphatic carbocycles. The molecule has 0 unspecified atom stereocenters. The Morgan fingerprint density at radius 1 is 0.771 bits per heavy atom. The van der Waals surface area contributed by atoms with E-state index in [2.05, 4.69) is 9.47 Å². The Labute approximate surface area is 194 Å². The topological polar surface area (TPSA) is 27.7 Å². The zero-order valence-corrected chi connectivity index (χ0v) is 17.8. The predicted molar refractivity (Wildman–Crippen MR) is 110 cm³/mol. The second-order valence-corrected chi connectivity index (χ2v) is 6.97. The number of alkyl halides is 4. The molecule has 0 amide bonds. The van der Waals surface area contributed by atoms with Crippen LogP contribution in [0.15, 0.2) is 72.8 Å². The molecule has 3 rings (SSSR count). The van der Waals surface area contributed by atoms with E-state index in [1.165, 1.54) is 12.1 Å². The number of ether oxygens (including phenoxy) is 3. The van der Waals surface area contributed by atoms with E-state index in [9.17, 15) is 35.1 Å². The Hall–Kier alpha value is -3.76. The Balaban J connectivity index is 1.77. The average Bonchev–Trinajstić information content (AvgIpc) is 2.76. The van der Waals surface area contributed by atoms with Crippen LogP contribution in [0.4, 0.5) is 35.1 Å². The van der Waals surface area contributed by atoms with Gasteiger partial charge < -0.3 is 14.2 Å². The van der Waals surface area contributed by atoms with Gasteiger partial charge in [-0.1, -0.05) is 24.3 Å². The lowest BCUT2D eigenvalue weighted by Gasteiger charge is -2.20. The predicted octanol–water partition coefficient (Wildman–Crippen LogP) is 7.91. The number of halogens is 8. The molecule has 3 nitrogen and oxygen atoms in total. The molecule has 0 aromatic heterocycles. The second-order valence-electron chi connectivity index (χ2n) is 6.97. The fraction of sp³-hybridized carbons (Fsp3) is 0.167. The van der Waals surface area contributed by atoms with E-state index in [-0.39, 0.29) is 12.1 Å². The van der Waals surface area contributed by atoms with Crippen LogP contribution < -0.4 is 14.2 Å². The summed E-state index contributed by atoms with van der Waals surface area (Å²) < 4.78 is 121. The van der Waals surface area contributed by atoms with Gasteiger partial charge in [0.2, 0.25) is 0 Å². The van der Waals surface area contributed by atoms with Gasteiger partial charge in [-0.25, -0.2) is 8.78 Å². The van der Waals surface area contributed by atoms with Crippen LogP contribution in [0.1, 0.15) is 12.5 Å². The van der Waals surface area contributed by atoms with Crippen LogP contribution in [0.25, 0.3) is 11.1 Å². The third-order valence-corrected chi connectivity index (χ3v) is 4.45. The van der Waals surface area contributed by atoms with Gasteiger partial charge in [-0.15, -0.1) is 0 Å². The van der Waals surface area contributed by atoms with Crippen LogP contribution in [0.3, 0.4) is 0 Å². The zero-order chi connectivity index (χ0) is 25.8. The summed E-state index contributed by atoms with van der Waals surface area (Å²) in [6.45, 7) is 2.31. The van der Waals surface area contributed by atoms with Crippen LogP contribution >= 0.6 is 0 Å². The molecule has 186 valence electrons. The molecule has 0 aliphatic heterocycles. The molecule has 35 heavy (non-hydrogen) atoms. The summed E-state index contributed by atoms with van der Waals surface area (Å²) in [5.74, 6) is -5.90. The van der Waals surface area contributed by atoms with Gasteiger partial charge in [0.05, 0.1) is 18.2 Å². The highest BCUT2D eigenvalue weighted by Crippen LogP contribution is 2.37. The molecular formula is C24H16F8O3. The summed E-state index contributed by atoms with van der Waals surface area (Å²) in [6, 6.07) is 12.0. The first-order valence-corrected chi connectivity index (χ1v) is 9.90. The molecule has 0 spiro atoms. The van der Waals surface area contributed by atoms with Crippen molar-refractivity contribution in [1.29, 1.82) is 0 Å². The monoisotopic (exact) mass is 504 g/mol. The molecule has 0 bridgehead atoms. The molecule has 0 atom stereocenters. The van der Waals surface area contributed by atoms with Crippen molar-refractivity contribution in [1.82, 2.24) is 0 Å². The van der Waals surface area contributed by atoms with Gasteiger partial charge in [-0.2, -0.15) is 26.3 Å². The van der Waals surface area contributed by atoms with Crippen molar-refractivity contribution in [2.75, 3.05) is 6.61 Å². The van der Waals surface area contributed by atoms with Gasteiger partial charge in [0.1, 0.15) is 11.5 Å². The first-order valence-electron chi connectivity index (χ1n) is 9.90. The molecule has 0 saturated heterocycles. The smallest absolute Gasteiger partial charge is 0.426 e. The van der Waals surface area contributed by atoms with Crippen molar-refractivity contribution in [2.45, 2.75) is 19.1 Å². The third-order valence-electron chi connectivity index (χ3n) is 4.45. The van der Waals surface area contributed by atoms with Gasteiger partial charge in [0.15, 0.2) is 17.4 Å². The largest absolute Gasteiger partial charge is 0.494 e. The third kappa shape index (κ3) is 6.65. The van der Waals surface area contributed by atoms with Crippen LogP contribution in [0, 0.1) is 11.6 Å². The molecule has 0 heterocycles. The maximum Gasteiger partial charge on any atom is 0.426 e. The lowest BCUT2D eigenvalue weighted by Crippen LogP contribution is -2.24. The standard InChI is InChI=1S/C24H16F8O3/c1-2-33-17-9-5-15(6-10-17)14-3-7-16(8-4-14)24(31,32)34-18-11-19(25)22(20(26)12-18)35-23(29,30)13-21(27)28/h3-13H,2H2,1H3. The average molecular weight is 504 g/mol. The van der Waals surface area contributed by atoms with E-state index in [1.807, 2.05) is 6.92 Å². The highest BCUT2D eigenvalue weighted by molar-refractivity contribution is 5.64. The van der Waals surface area contributed by atoms with Crippen LogP contribution in [-0.4, -0.2) is 12.7 Å². The fourth-order valence-corrected chi connectivity index (χ4v) is 2.96. The van der Waals surface area contributed by atoms with E-state index in [0.717, 1.165) is 12.1 Å². The van der Waals surface area contributed by atoms with Gasteiger partial charge in [0.25, 0.3) is 6.08 Å². The van der Waals surface area contributed by atoms with Crippen molar-refractivity contribution >= 4 is 0 Å².